The summed E-state index contributed by atoms with van der Waals surface area (Å²) in [6.07, 6.45) is 0.910. The van der Waals surface area contributed by atoms with Gasteiger partial charge in [-0.2, -0.15) is 0 Å². The van der Waals surface area contributed by atoms with Crippen LogP contribution in [0.15, 0.2) is 24.3 Å². The van der Waals surface area contributed by atoms with Gasteiger partial charge in [-0.05, 0) is 47.1 Å². The quantitative estimate of drug-likeness (QED) is 0.906. The third-order valence-electron chi connectivity index (χ3n) is 4.62. The van der Waals surface area contributed by atoms with Crippen LogP contribution in [0, 0.1) is 0 Å². The van der Waals surface area contributed by atoms with E-state index in [0.717, 1.165) is 17.8 Å². The largest absolute Gasteiger partial charge is 0.331 e. The molecule has 2 rings (SSSR count). The first-order valence-electron chi connectivity index (χ1n) is 7.13. The molecule has 1 unspecified atom stereocenters. The zero-order valence-corrected chi connectivity index (χ0v) is 13.4. The van der Waals surface area contributed by atoms with Crippen LogP contribution in [0.4, 0.5) is 0 Å². The van der Waals surface area contributed by atoms with E-state index in [0.29, 0.717) is 6.04 Å². The molecule has 4 nitrogen and oxygen atoms in total. The van der Waals surface area contributed by atoms with E-state index in [9.17, 15) is 0 Å². The minimum Gasteiger partial charge on any atom is -0.331 e. The summed E-state index contributed by atoms with van der Waals surface area (Å²) >= 11 is 0. The number of benzene rings is 1. The van der Waals surface area contributed by atoms with Crippen molar-refractivity contribution in [3.05, 3.63) is 30.1 Å². The summed E-state index contributed by atoms with van der Waals surface area (Å²) in [4.78, 5) is 7.04. The minimum atomic E-state index is 0.0624. The van der Waals surface area contributed by atoms with E-state index < -0.39 is 0 Å². The Balaban J connectivity index is 2.33. The van der Waals surface area contributed by atoms with E-state index in [2.05, 4.69) is 68.0 Å². The van der Waals surface area contributed by atoms with Gasteiger partial charge in [0.05, 0.1) is 11.0 Å². The first-order valence-corrected chi connectivity index (χ1v) is 7.13. The molecule has 0 bridgehead atoms. The molecule has 110 valence electrons. The molecular formula is C16H26N4. The molecule has 1 aromatic carbocycles. The molecule has 0 aliphatic carbocycles. The molecule has 1 N–H and O–H groups in total. The van der Waals surface area contributed by atoms with Gasteiger partial charge in [-0.25, -0.2) is 4.98 Å². The van der Waals surface area contributed by atoms with Gasteiger partial charge in [0.2, 0.25) is 0 Å². The topological polar surface area (TPSA) is 33.1 Å². The number of hydrogen-bond donors (Lipinski definition) is 1. The zero-order valence-electron chi connectivity index (χ0n) is 13.4. The van der Waals surface area contributed by atoms with Gasteiger partial charge >= 0.3 is 0 Å². The molecule has 1 atom stereocenters. The molecule has 2 aromatic rings. The Hall–Kier alpha value is -1.39. The Morgan fingerprint density at radius 3 is 2.50 bits per heavy atom. The molecule has 0 aliphatic heterocycles. The van der Waals surface area contributed by atoms with Gasteiger partial charge in [0.1, 0.15) is 5.82 Å². The van der Waals surface area contributed by atoms with E-state index in [1.165, 1.54) is 5.52 Å². The van der Waals surface area contributed by atoms with Crippen LogP contribution >= 0.6 is 0 Å². The van der Waals surface area contributed by atoms with E-state index in [-0.39, 0.29) is 5.54 Å². The fraction of sp³-hybridized carbons (Fsp3) is 0.562. The van der Waals surface area contributed by atoms with Crippen molar-refractivity contribution in [2.75, 3.05) is 21.1 Å². The number of para-hydroxylation sites is 2. The number of likely N-dealkylation sites (N-methyl/N-ethyl adjacent to an activating group) is 2. The molecule has 20 heavy (non-hydrogen) atoms. The summed E-state index contributed by atoms with van der Waals surface area (Å²) in [5, 5.41) is 3.45. The van der Waals surface area contributed by atoms with Crippen LogP contribution in [0.3, 0.4) is 0 Å². The van der Waals surface area contributed by atoms with Gasteiger partial charge in [-0.15, -0.1) is 0 Å². The van der Waals surface area contributed by atoms with Crippen LogP contribution in [-0.2, 0) is 13.5 Å². The van der Waals surface area contributed by atoms with E-state index in [1.807, 2.05) is 13.1 Å². The van der Waals surface area contributed by atoms with Crippen LogP contribution in [-0.4, -0.2) is 47.2 Å². The average Bonchev–Trinajstić information content (AvgIpc) is 2.73. The zero-order chi connectivity index (χ0) is 14.9. The maximum atomic E-state index is 4.78. The van der Waals surface area contributed by atoms with Gasteiger partial charge in [-0.1, -0.05) is 12.1 Å². The SMILES string of the molecule is CNC(Cc1nc2ccccc2n1C)C(C)(C)N(C)C. The number of imidazole rings is 1. The fourth-order valence-corrected chi connectivity index (χ4v) is 2.58. The lowest BCUT2D eigenvalue weighted by molar-refractivity contribution is 0.140. The Kier molecular flexibility index (Phi) is 4.16. The second-order valence-electron chi connectivity index (χ2n) is 6.17. The predicted molar refractivity (Wildman–Crippen MR) is 85.0 cm³/mol. The summed E-state index contributed by atoms with van der Waals surface area (Å²) in [6, 6.07) is 8.64. The van der Waals surface area contributed by atoms with E-state index in [1.54, 1.807) is 0 Å². The molecule has 0 saturated heterocycles. The van der Waals surface area contributed by atoms with Gasteiger partial charge in [0.25, 0.3) is 0 Å². The number of nitrogens with zero attached hydrogens (tertiary/aromatic N) is 3. The number of aryl methyl sites for hydroxylation is 1. The molecule has 0 saturated carbocycles. The lowest BCUT2D eigenvalue weighted by Gasteiger charge is -2.40. The summed E-state index contributed by atoms with van der Waals surface area (Å²) < 4.78 is 2.20. The second-order valence-corrected chi connectivity index (χ2v) is 6.17. The highest BCUT2D eigenvalue weighted by molar-refractivity contribution is 5.75. The van der Waals surface area contributed by atoms with Gasteiger partial charge in [0.15, 0.2) is 0 Å². The first kappa shape index (κ1) is 15.0. The van der Waals surface area contributed by atoms with Gasteiger partial charge < -0.3 is 14.8 Å². The normalized spacial score (nSPS) is 14.2. The molecule has 0 radical (unpaired) electrons. The number of hydrogen-bond acceptors (Lipinski definition) is 3. The highest BCUT2D eigenvalue weighted by atomic mass is 15.2. The minimum absolute atomic E-state index is 0.0624. The molecule has 1 aromatic heterocycles. The summed E-state index contributed by atoms with van der Waals surface area (Å²) in [6.45, 7) is 4.52. The van der Waals surface area contributed by atoms with Crippen LogP contribution in [0.1, 0.15) is 19.7 Å². The lowest BCUT2D eigenvalue weighted by Crippen LogP contribution is -2.55. The Labute approximate surface area is 121 Å². The first-order chi connectivity index (χ1) is 9.37. The smallest absolute Gasteiger partial charge is 0.111 e. The third-order valence-corrected chi connectivity index (χ3v) is 4.62. The van der Waals surface area contributed by atoms with Crippen LogP contribution in [0.25, 0.3) is 11.0 Å². The van der Waals surface area contributed by atoms with Crippen LogP contribution < -0.4 is 5.32 Å². The monoisotopic (exact) mass is 274 g/mol. The molecular weight excluding hydrogens is 248 g/mol. The van der Waals surface area contributed by atoms with Crippen molar-refractivity contribution in [3.63, 3.8) is 0 Å². The van der Waals surface area contributed by atoms with Crippen molar-refractivity contribution in [1.82, 2.24) is 19.8 Å². The van der Waals surface area contributed by atoms with Crippen molar-refractivity contribution in [2.45, 2.75) is 31.8 Å². The molecule has 1 heterocycles. The van der Waals surface area contributed by atoms with E-state index in [4.69, 9.17) is 4.98 Å². The Morgan fingerprint density at radius 2 is 1.95 bits per heavy atom. The van der Waals surface area contributed by atoms with Crippen molar-refractivity contribution in [3.8, 4) is 0 Å². The molecule has 4 heteroatoms. The highest BCUT2D eigenvalue weighted by Gasteiger charge is 2.31. The van der Waals surface area contributed by atoms with Gasteiger partial charge in [0, 0.05) is 25.0 Å². The third kappa shape index (κ3) is 2.58. The van der Waals surface area contributed by atoms with Crippen molar-refractivity contribution in [2.24, 2.45) is 7.05 Å². The number of aromatic nitrogens is 2. The highest BCUT2D eigenvalue weighted by Crippen LogP contribution is 2.21. The number of fused-ring (bicyclic) bond motifs is 1. The van der Waals surface area contributed by atoms with E-state index >= 15 is 0 Å². The second kappa shape index (κ2) is 5.54. The number of rotatable bonds is 5. The van der Waals surface area contributed by atoms with Crippen molar-refractivity contribution >= 4 is 11.0 Å². The lowest BCUT2D eigenvalue weighted by atomic mass is 9.90. The number of nitrogens with one attached hydrogen (secondary N) is 1. The molecule has 0 aliphatic rings. The van der Waals surface area contributed by atoms with Crippen molar-refractivity contribution in [1.29, 1.82) is 0 Å². The molecule has 0 fully saturated rings. The van der Waals surface area contributed by atoms with Gasteiger partial charge in [-0.3, -0.25) is 0 Å². The maximum Gasteiger partial charge on any atom is 0.111 e. The molecule has 0 amide bonds. The molecule has 0 spiro atoms. The summed E-state index contributed by atoms with van der Waals surface area (Å²) in [7, 11) is 8.37. The summed E-state index contributed by atoms with van der Waals surface area (Å²) in [5.74, 6) is 1.13. The maximum absolute atomic E-state index is 4.78. The average molecular weight is 274 g/mol. The van der Waals surface area contributed by atoms with Crippen LogP contribution in [0.5, 0.6) is 0 Å². The summed E-state index contributed by atoms with van der Waals surface area (Å²) in [5.41, 5.74) is 2.33. The Bertz CT molecular complexity index is 583. The predicted octanol–water partition coefficient (Wildman–Crippen LogP) is 2.04. The Morgan fingerprint density at radius 1 is 1.30 bits per heavy atom. The van der Waals surface area contributed by atoms with Crippen LogP contribution in [0.2, 0.25) is 0 Å². The fourth-order valence-electron chi connectivity index (χ4n) is 2.58. The van der Waals surface area contributed by atoms with Crippen molar-refractivity contribution < 1.29 is 0 Å². The standard InChI is InChI=1S/C16H26N4/c1-16(2,19(4)5)14(17-3)11-15-18-12-9-7-8-10-13(12)20(15)6/h7-10,14,17H,11H2,1-6H3.